The molecule has 1 saturated heterocycles. The molecular formula is C17H22N6O. The van der Waals surface area contributed by atoms with Crippen molar-refractivity contribution in [1.82, 2.24) is 20.1 Å². The van der Waals surface area contributed by atoms with Crippen molar-refractivity contribution in [3.8, 4) is 0 Å². The Morgan fingerprint density at radius 1 is 1.33 bits per heavy atom. The van der Waals surface area contributed by atoms with E-state index in [1.807, 2.05) is 19.2 Å². The van der Waals surface area contributed by atoms with Crippen molar-refractivity contribution in [3.63, 3.8) is 0 Å². The smallest absolute Gasteiger partial charge is 0.238 e. The second-order valence-corrected chi connectivity index (χ2v) is 6.05. The molecule has 0 bridgehead atoms. The Hall–Kier alpha value is -2.54. The van der Waals surface area contributed by atoms with Crippen LogP contribution >= 0.6 is 0 Å². The zero-order valence-electron chi connectivity index (χ0n) is 13.8. The van der Waals surface area contributed by atoms with Crippen LogP contribution in [0.1, 0.15) is 12.8 Å². The van der Waals surface area contributed by atoms with Crippen LogP contribution in [-0.2, 0) is 4.79 Å². The predicted octanol–water partition coefficient (Wildman–Crippen LogP) is 1.41. The summed E-state index contributed by atoms with van der Waals surface area (Å²) in [5.41, 5.74) is 0.769. The number of anilines is 2. The van der Waals surface area contributed by atoms with Crippen molar-refractivity contribution in [1.29, 1.82) is 0 Å². The first-order valence-electron chi connectivity index (χ1n) is 8.15. The molecule has 3 rings (SSSR count). The quantitative estimate of drug-likeness (QED) is 0.865. The van der Waals surface area contributed by atoms with Crippen LogP contribution in [0.3, 0.4) is 0 Å². The molecule has 2 aromatic heterocycles. The summed E-state index contributed by atoms with van der Waals surface area (Å²) in [4.78, 5) is 20.4. The van der Waals surface area contributed by atoms with Gasteiger partial charge in [-0.1, -0.05) is 0 Å². The molecule has 2 aromatic rings. The van der Waals surface area contributed by atoms with Crippen LogP contribution in [0, 0.1) is 0 Å². The molecule has 126 valence electrons. The fraction of sp³-hybridized carbons (Fsp3) is 0.412. The average molecular weight is 326 g/mol. The van der Waals surface area contributed by atoms with Crippen LogP contribution in [0.2, 0.25) is 0 Å². The number of hydrogen-bond acceptors (Lipinski definition) is 6. The van der Waals surface area contributed by atoms with Crippen molar-refractivity contribution in [2.75, 3.05) is 36.9 Å². The molecule has 3 heterocycles. The Kier molecular flexibility index (Phi) is 5.32. The van der Waals surface area contributed by atoms with Crippen LogP contribution in [0.15, 0.2) is 42.9 Å². The number of nitrogens with zero attached hydrogens (tertiary/aromatic N) is 5. The fourth-order valence-electron chi connectivity index (χ4n) is 3.08. The van der Waals surface area contributed by atoms with Gasteiger partial charge in [-0.15, -0.1) is 5.10 Å². The lowest BCUT2D eigenvalue weighted by molar-refractivity contribution is -0.117. The number of pyridine rings is 1. The molecule has 0 aromatic carbocycles. The van der Waals surface area contributed by atoms with Crippen molar-refractivity contribution >= 4 is 17.4 Å². The predicted molar refractivity (Wildman–Crippen MR) is 92.8 cm³/mol. The second kappa shape index (κ2) is 7.83. The first-order valence-corrected chi connectivity index (χ1v) is 8.15. The molecule has 7 heteroatoms. The molecule has 0 saturated carbocycles. The summed E-state index contributed by atoms with van der Waals surface area (Å²) in [5, 5.41) is 11.1. The summed E-state index contributed by atoms with van der Waals surface area (Å²) < 4.78 is 0. The van der Waals surface area contributed by atoms with E-state index >= 15 is 0 Å². The highest BCUT2D eigenvalue weighted by molar-refractivity contribution is 5.92. The molecule has 24 heavy (non-hydrogen) atoms. The second-order valence-electron chi connectivity index (χ2n) is 6.05. The number of carbonyl (C=O) groups excluding carboxylic acids is 1. The highest BCUT2D eigenvalue weighted by atomic mass is 16.2. The lowest BCUT2D eigenvalue weighted by Gasteiger charge is -2.28. The van der Waals surface area contributed by atoms with Gasteiger partial charge in [0.25, 0.3) is 0 Å². The molecule has 1 fully saturated rings. The third-order valence-corrected chi connectivity index (χ3v) is 4.13. The fourth-order valence-corrected chi connectivity index (χ4v) is 3.08. The molecule has 1 amide bonds. The van der Waals surface area contributed by atoms with E-state index in [1.54, 1.807) is 30.7 Å². The highest BCUT2D eigenvalue weighted by Crippen LogP contribution is 2.23. The maximum absolute atomic E-state index is 12.1. The molecule has 1 N–H and O–H groups in total. The monoisotopic (exact) mass is 326 g/mol. The zero-order chi connectivity index (χ0) is 16.8. The van der Waals surface area contributed by atoms with Crippen LogP contribution in [-0.4, -0.2) is 58.7 Å². The SMILES string of the molecule is CN(CC(=O)Nc1ccncc1)C[C@H]1CCCN1c1cccnn1. The Labute approximate surface area is 141 Å². The third kappa shape index (κ3) is 4.26. The van der Waals surface area contributed by atoms with E-state index < -0.39 is 0 Å². The van der Waals surface area contributed by atoms with Crippen molar-refractivity contribution in [2.45, 2.75) is 18.9 Å². The van der Waals surface area contributed by atoms with Gasteiger partial charge in [0.1, 0.15) is 0 Å². The number of rotatable bonds is 6. The van der Waals surface area contributed by atoms with Gasteiger partial charge in [0, 0.05) is 43.4 Å². The topological polar surface area (TPSA) is 74.2 Å². The van der Waals surface area contributed by atoms with E-state index in [0.717, 1.165) is 37.4 Å². The van der Waals surface area contributed by atoms with Crippen LogP contribution in [0.5, 0.6) is 0 Å². The summed E-state index contributed by atoms with van der Waals surface area (Å²) in [7, 11) is 1.97. The number of amides is 1. The van der Waals surface area contributed by atoms with Crippen LogP contribution < -0.4 is 10.2 Å². The number of carbonyl (C=O) groups is 1. The minimum atomic E-state index is -0.0206. The Morgan fingerprint density at radius 3 is 2.92 bits per heavy atom. The Morgan fingerprint density at radius 2 is 2.17 bits per heavy atom. The molecule has 1 aliphatic rings. The summed E-state index contributed by atoms with van der Waals surface area (Å²) in [6.45, 7) is 2.16. The van der Waals surface area contributed by atoms with Gasteiger partial charge in [0.05, 0.1) is 6.54 Å². The van der Waals surface area contributed by atoms with E-state index in [0.29, 0.717) is 12.6 Å². The van der Waals surface area contributed by atoms with Gasteiger partial charge in [0.15, 0.2) is 5.82 Å². The lowest BCUT2D eigenvalue weighted by Crippen LogP contribution is -2.42. The average Bonchev–Trinajstić information content (AvgIpc) is 3.04. The number of nitrogens with one attached hydrogen (secondary N) is 1. The Bertz CT molecular complexity index is 651. The van der Waals surface area contributed by atoms with Crippen molar-refractivity contribution in [2.24, 2.45) is 0 Å². The Balaban J connectivity index is 1.52. The maximum Gasteiger partial charge on any atom is 0.238 e. The summed E-state index contributed by atoms with van der Waals surface area (Å²) >= 11 is 0. The molecule has 0 spiro atoms. The van der Waals surface area contributed by atoms with Gasteiger partial charge in [-0.25, -0.2) is 0 Å². The molecular weight excluding hydrogens is 304 g/mol. The number of likely N-dealkylation sites (N-methyl/N-ethyl adjacent to an activating group) is 1. The normalized spacial score (nSPS) is 17.2. The molecule has 0 unspecified atom stereocenters. The van der Waals surface area contributed by atoms with E-state index in [-0.39, 0.29) is 5.91 Å². The summed E-state index contributed by atoms with van der Waals surface area (Å²) in [5.74, 6) is 0.891. The van der Waals surface area contributed by atoms with Crippen molar-refractivity contribution < 1.29 is 4.79 Å². The van der Waals surface area contributed by atoms with Gasteiger partial charge < -0.3 is 10.2 Å². The molecule has 0 radical (unpaired) electrons. The standard InChI is InChI=1S/C17H22N6O/c1-22(13-17(24)20-14-6-9-18-10-7-14)12-15-4-3-11-23(15)16-5-2-8-19-21-16/h2,5-10,15H,3-4,11-13H2,1H3,(H,18,20,24)/t15-/m1/s1. The van der Waals surface area contributed by atoms with Crippen LogP contribution in [0.4, 0.5) is 11.5 Å². The van der Waals surface area contributed by atoms with E-state index in [9.17, 15) is 4.79 Å². The van der Waals surface area contributed by atoms with Gasteiger partial charge in [-0.05, 0) is 44.2 Å². The maximum atomic E-state index is 12.1. The first kappa shape index (κ1) is 16.3. The van der Waals surface area contributed by atoms with E-state index in [2.05, 4.69) is 30.3 Å². The van der Waals surface area contributed by atoms with Gasteiger partial charge >= 0.3 is 0 Å². The summed E-state index contributed by atoms with van der Waals surface area (Å²) in [6, 6.07) is 7.82. The third-order valence-electron chi connectivity index (χ3n) is 4.13. The van der Waals surface area contributed by atoms with Crippen LogP contribution in [0.25, 0.3) is 0 Å². The first-order chi connectivity index (χ1) is 11.7. The van der Waals surface area contributed by atoms with E-state index in [4.69, 9.17) is 0 Å². The zero-order valence-corrected chi connectivity index (χ0v) is 13.8. The van der Waals surface area contributed by atoms with E-state index in [1.165, 1.54) is 0 Å². The largest absolute Gasteiger partial charge is 0.351 e. The molecule has 7 nitrogen and oxygen atoms in total. The number of hydrogen-bond donors (Lipinski definition) is 1. The highest BCUT2D eigenvalue weighted by Gasteiger charge is 2.27. The molecule has 1 atom stereocenters. The minimum absolute atomic E-state index is 0.0206. The van der Waals surface area contributed by atoms with Gasteiger partial charge in [0.2, 0.25) is 5.91 Å². The lowest BCUT2D eigenvalue weighted by atomic mass is 10.2. The van der Waals surface area contributed by atoms with Gasteiger partial charge in [-0.3, -0.25) is 14.7 Å². The number of aromatic nitrogens is 3. The van der Waals surface area contributed by atoms with Crippen molar-refractivity contribution in [3.05, 3.63) is 42.9 Å². The summed E-state index contributed by atoms with van der Waals surface area (Å²) in [6.07, 6.45) is 7.25. The molecule has 0 aliphatic carbocycles. The molecule has 1 aliphatic heterocycles. The minimum Gasteiger partial charge on any atom is -0.351 e. The van der Waals surface area contributed by atoms with Gasteiger partial charge in [-0.2, -0.15) is 5.10 Å².